The second kappa shape index (κ2) is 8.91. The van der Waals surface area contributed by atoms with E-state index in [2.05, 4.69) is 27.9 Å². The summed E-state index contributed by atoms with van der Waals surface area (Å²) in [5.41, 5.74) is 2.19. The number of ether oxygens (including phenoxy) is 1. The van der Waals surface area contributed by atoms with Gasteiger partial charge in [-0.3, -0.25) is 19.4 Å². The zero-order valence-electron chi connectivity index (χ0n) is 16.5. The maximum Gasteiger partial charge on any atom is 0.307 e. The van der Waals surface area contributed by atoms with Crippen molar-refractivity contribution >= 4 is 17.4 Å². The highest BCUT2D eigenvalue weighted by atomic mass is 32.2. The van der Waals surface area contributed by atoms with Crippen molar-refractivity contribution in [3.8, 4) is 5.75 Å². The van der Waals surface area contributed by atoms with Gasteiger partial charge in [0.25, 0.3) is 0 Å². The predicted octanol–water partition coefficient (Wildman–Crippen LogP) is 4.08. The molecule has 0 aliphatic heterocycles. The van der Waals surface area contributed by atoms with E-state index in [1.54, 1.807) is 6.08 Å². The third kappa shape index (κ3) is 4.83. The van der Waals surface area contributed by atoms with E-state index in [1.807, 2.05) is 37.5 Å². The van der Waals surface area contributed by atoms with Gasteiger partial charge in [0, 0.05) is 6.54 Å². The zero-order valence-corrected chi connectivity index (χ0v) is 17.3. The van der Waals surface area contributed by atoms with Gasteiger partial charge in [0.05, 0.1) is 10.8 Å². The highest BCUT2D eigenvalue weighted by Crippen LogP contribution is 2.27. The molecule has 0 aliphatic rings. The zero-order chi connectivity index (χ0) is 21.0. The van der Waals surface area contributed by atoms with Crippen LogP contribution in [0.4, 0.5) is 5.69 Å². The van der Waals surface area contributed by atoms with Crippen LogP contribution in [0.5, 0.6) is 5.75 Å². The normalized spacial score (nSPS) is 12.0. The summed E-state index contributed by atoms with van der Waals surface area (Å²) >= 11 is 1.38. The first-order valence-corrected chi connectivity index (χ1v) is 9.95. The number of hydrogen-bond donors (Lipinski definition) is 0. The van der Waals surface area contributed by atoms with Crippen molar-refractivity contribution in [2.24, 2.45) is 0 Å². The third-order valence-corrected chi connectivity index (χ3v) is 5.17. The number of aromatic nitrogens is 5. The first-order valence-electron chi connectivity index (χ1n) is 8.96. The van der Waals surface area contributed by atoms with Crippen LogP contribution in [-0.2, 0) is 12.4 Å². The Morgan fingerprint density at radius 2 is 2.17 bits per heavy atom. The van der Waals surface area contributed by atoms with E-state index in [4.69, 9.17) is 4.74 Å². The molecule has 0 amide bonds. The fraction of sp³-hybridized carbons (Fsp3) is 0.316. The molecule has 152 valence electrons. The van der Waals surface area contributed by atoms with Crippen LogP contribution in [-0.4, -0.2) is 29.5 Å². The Balaban J connectivity index is 1.76. The molecule has 1 atom stereocenters. The molecule has 9 nitrogen and oxygen atoms in total. The van der Waals surface area contributed by atoms with Crippen molar-refractivity contribution in [2.45, 2.75) is 44.5 Å². The van der Waals surface area contributed by atoms with Crippen molar-refractivity contribution in [1.82, 2.24) is 24.5 Å². The molecule has 1 unspecified atom stereocenters. The highest BCUT2D eigenvalue weighted by Gasteiger charge is 2.20. The van der Waals surface area contributed by atoms with E-state index < -0.39 is 4.92 Å². The van der Waals surface area contributed by atoms with Crippen molar-refractivity contribution in [2.75, 3.05) is 0 Å². The largest absolute Gasteiger partial charge is 0.482 e. The first-order chi connectivity index (χ1) is 13.9. The molecule has 2 heterocycles. The lowest BCUT2D eigenvalue weighted by Gasteiger charge is -2.17. The minimum Gasteiger partial charge on any atom is -0.482 e. The van der Waals surface area contributed by atoms with Gasteiger partial charge in [0.15, 0.2) is 17.1 Å². The molecule has 0 bridgehead atoms. The Morgan fingerprint density at radius 3 is 2.83 bits per heavy atom. The summed E-state index contributed by atoms with van der Waals surface area (Å²) in [6.45, 7) is 10.3. The number of rotatable bonds is 9. The van der Waals surface area contributed by atoms with Gasteiger partial charge in [-0.2, -0.15) is 5.10 Å². The van der Waals surface area contributed by atoms with E-state index in [0.29, 0.717) is 23.4 Å². The lowest BCUT2D eigenvalue weighted by Crippen LogP contribution is -2.13. The average Bonchev–Trinajstić information content (AvgIpc) is 3.30. The van der Waals surface area contributed by atoms with Gasteiger partial charge in [0.1, 0.15) is 18.1 Å². The molecule has 3 rings (SSSR count). The summed E-state index contributed by atoms with van der Waals surface area (Å²) in [4.78, 5) is 10.3. The van der Waals surface area contributed by atoms with Gasteiger partial charge in [-0.1, -0.05) is 35.5 Å². The Kier molecular flexibility index (Phi) is 6.32. The van der Waals surface area contributed by atoms with Crippen LogP contribution >= 0.6 is 11.8 Å². The van der Waals surface area contributed by atoms with Gasteiger partial charge >= 0.3 is 5.69 Å². The molecule has 0 N–H and O–H groups in total. The molecule has 2 aromatic heterocycles. The van der Waals surface area contributed by atoms with Crippen molar-refractivity contribution in [1.29, 1.82) is 0 Å². The summed E-state index contributed by atoms with van der Waals surface area (Å²) in [5, 5.41) is 24.0. The lowest BCUT2D eigenvalue weighted by atomic mass is 10.1. The van der Waals surface area contributed by atoms with Crippen LogP contribution in [0.25, 0.3) is 0 Å². The molecule has 29 heavy (non-hydrogen) atoms. The van der Waals surface area contributed by atoms with Crippen molar-refractivity contribution < 1.29 is 9.66 Å². The summed E-state index contributed by atoms with van der Waals surface area (Å²) in [6, 6.07) is 6.03. The standard InChI is InChI=1S/C19H22N6O3S/c1-5-8-24-18(15(4)28-17-7-6-13(2)9-14(17)3)21-22-19(24)29-12-23-11-16(10-20-23)25(26)27/h5-7,9-11,15H,1,8,12H2,2-4H3. The Labute approximate surface area is 172 Å². The molecular weight excluding hydrogens is 392 g/mol. The average molecular weight is 414 g/mol. The third-order valence-electron chi connectivity index (χ3n) is 4.21. The van der Waals surface area contributed by atoms with Crippen LogP contribution < -0.4 is 4.74 Å². The molecule has 0 aliphatic carbocycles. The summed E-state index contributed by atoms with van der Waals surface area (Å²) < 4.78 is 9.53. The maximum absolute atomic E-state index is 10.8. The van der Waals surface area contributed by atoms with Crippen LogP contribution in [0.2, 0.25) is 0 Å². The topological polar surface area (TPSA) is 101 Å². The SMILES string of the molecule is C=CCn1c(SCn2cc([N+](=O)[O-])cn2)nnc1C(C)Oc1ccc(C)cc1C. The van der Waals surface area contributed by atoms with E-state index in [1.165, 1.54) is 34.4 Å². The molecule has 0 spiro atoms. The van der Waals surface area contributed by atoms with Crippen molar-refractivity contribution in [3.63, 3.8) is 0 Å². The molecule has 1 aromatic carbocycles. The van der Waals surface area contributed by atoms with E-state index in [0.717, 1.165) is 11.3 Å². The van der Waals surface area contributed by atoms with Crippen LogP contribution in [0.3, 0.4) is 0 Å². The number of thioether (sulfide) groups is 1. The molecular formula is C19H22N6O3S. The van der Waals surface area contributed by atoms with E-state index >= 15 is 0 Å². The Bertz CT molecular complexity index is 1030. The minimum absolute atomic E-state index is 0.0469. The van der Waals surface area contributed by atoms with Crippen LogP contribution in [0, 0.1) is 24.0 Å². The number of nitro groups is 1. The Morgan fingerprint density at radius 1 is 1.38 bits per heavy atom. The fourth-order valence-electron chi connectivity index (χ4n) is 2.82. The number of allylic oxidation sites excluding steroid dienone is 1. The van der Waals surface area contributed by atoms with Gasteiger partial charge in [-0.15, -0.1) is 16.8 Å². The molecule has 10 heteroatoms. The molecule has 0 fully saturated rings. The Hall–Kier alpha value is -3.14. The fourth-order valence-corrected chi connectivity index (χ4v) is 3.64. The monoisotopic (exact) mass is 414 g/mol. The number of nitrogens with zero attached hydrogens (tertiary/aromatic N) is 6. The quantitative estimate of drug-likeness (QED) is 0.225. The molecule has 0 saturated carbocycles. The van der Waals surface area contributed by atoms with Crippen LogP contribution in [0.15, 0.2) is 48.4 Å². The maximum atomic E-state index is 10.8. The lowest BCUT2D eigenvalue weighted by molar-refractivity contribution is -0.385. The van der Waals surface area contributed by atoms with Gasteiger partial charge in [-0.05, 0) is 32.4 Å². The smallest absolute Gasteiger partial charge is 0.307 e. The summed E-state index contributed by atoms with van der Waals surface area (Å²) in [7, 11) is 0. The first kappa shape index (κ1) is 20.6. The molecule has 0 saturated heterocycles. The second-order valence-electron chi connectivity index (χ2n) is 6.54. The number of hydrogen-bond acceptors (Lipinski definition) is 7. The highest BCUT2D eigenvalue weighted by molar-refractivity contribution is 7.98. The van der Waals surface area contributed by atoms with E-state index in [-0.39, 0.29) is 11.8 Å². The van der Waals surface area contributed by atoms with Gasteiger partial charge in [0.2, 0.25) is 0 Å². The minimum atomic E-state index is -0.474. The summed E-state index contributed by atoms with van der Waals surface area (Å²) in [6.07, 6.45) is 4.05. The summed E-state index contributed by atoms with van der Waals surface area (Å²) in [5.74, 6) is 1.85. The predicted molar refractivity (Wildman–Crippen MR) is 110 cm³/mol. The number of benzene rings is 1. The van der Waals surface area contributed by atoms with Gasteiger partial charge in [-0.25, -0.2) is 0 Å². The number of aryl methyl sites for hydroxylation is 2. The van der Waals surface area contributed by atoms with Gasteiger partial charge < -0.3 is 4.74 Å². The van der Waals surface area contributed by atoms with Crippen LogP contribution in [0.1, 0.15) is 30.0 Å². The van der Waals surface area contributed by atoms with E-state index in [9.17, 15) is 10.1 Å². The molecule has 3 aromatic rings. The molecule has 0 radical (unpaired) electrons. The van der Waals surface area contributed by atoms with Crippen molar-refractivity contribution in [3.05, 3.63) is 70.3 Å². The second-order valence-corrected chi connectivity index (χ2v) is 7.45.